The minimum atomic E-state index is -4.35. The van der Waals surface area contributed by atoms with Gasteiger partial charge in [-0.05, 0) is 33.2 Å². The molecule has 2 rings (SSSR count). The van der Waals surface area contributed by atoms with Crippen molar-refractivity contribution in [1.29, 1.82) is 0 Å². The highest BCUT2D eigenvalue weighted by atomic mass is 32.1. The van der Waals surface area contributed by atoms with Gasteiger partial charge in [-0.25, -0.2) is 4.98 Å². The number of aromatic nitrogens is 1. The second kappa shape index (κ2) is 7.61. The first-order chi connectivity index (χ1) is 10.8. The molecule has 0 aliphatic carbocycles. The zero-order valence-corrected chi connectivity index (χ0v) is 14.2. The second-order valence-corrected chi connectivity index (χ2v) is 6.84. The fourth-order valence-corrected chi connectivity index (χ4v) is 3.72. The van der Waals surface area contributed by atoms with E-state index in [4.69, 9.17) is 0 Å². The van der Waals surface area contributed by atoms with Crippen LogP contribution in [0.3, 0.4) is 0 Å². The summed E-state index contributed by atoms with van der Waals surface area (Å²) in [6.07, 6.45) is -2.86. The lowest BCUT2D eigenvalue weighted by molar-refractivity contribution is -0.164. The molecule has 2 heterocycles. The highest BCUT2D eigenvalue weighted by Crippen LogP contribution is 2.24. The van der Waals surface area contributed by atoms with E-state index in [1.807, 2.05) is 6.92 Å². The topological polar surface area (TPSA) is 36.4 Å². The van der Waals surface area contributed by atoms with Gasteiger partial charge in [0.15, 0.2) is 0 Å². The number of carbonyl (C=O) groups is 1. The Morgan fingerprint density at radius 2 is 2.26 bits per heavy atom. The molecule has 1 aromatic rings. The molecule has 0 spiro atoms. The number of nitrogens with zero attached hydrogens (tertiary/aromatic N) is 3. The van der Waals surface area contributed by atoms with Crippen LogP contribution in [0.1, 0.15) is 30.3 Å². The number of carbonyl (C=O) groups excluding carboxylic acids is 1. The van der Waals surface area contributed by atoms with Gasteiger partial charge < -0.3 is 4.90 Å². The number of amides is 1. The molecule has 0 saturated carbocycles. The normalized spacial score (nSPS) is 19.8. The largest absolute Gasteiger partial charge is 0.406 e. The van der Waals surface area contributed by atoms with Crippen molar-refractivity contribution >= 4 is 17.2 Å². The van der Waals surface area contributed by atoms with Crippen LogP contribution in [0.15, 0.2) is 5.51 Å². The summed E-state index contributed by atoms with van der Waals surface area (Å²) in [7, 11) is 0. The summed E-state index contributed by atoms with van der Waals surface area (Å²) in [5.41, 5.74) is 2.77. The quantitative estimate of drug-likeness (QED) is 0.820. The fourth-order valence-electron chi connectivity index (χ4n) is 2.90. The summed E-state index contributed by atoms with van der Waals surface area (Å²) in [5, 5.41) is 0. The van der Waals surface area contributed by atoms with Gasteiger partial charge in [0, 0.05) is 24.5 Å². The number of halogens is 3. The Labute approximate surface area is 138 Å². The fraction of sp³-hybridized carbons (Fsp3) is 0.733. The monoisotopic (exact) mass is 349 g/mol. The zero-order valence-electron chi connectivity index (χ0n) is 13.4. The number of likely N-dealkylation sites (tertiary alicyclic amines) is 1. The second-order valence-electron chi connectivity index (χ2n) is 5.90. The van der Waals surface area contributed by atoms with Crippen molar-refractivity contribution in [2.75, 3.05) is 26.2 Å². The summed E-state index contributed by atoms with van der Waals surface area (Å²) in [4.78, 5) is 20.8. The number of aryl methyl sites for hydroxylation is 1. The summed E-state index contributed by atoms with van der Waals surface area (Å²) < 4.78 is 37.8. The van der Waals surface area contributed by atoms with Gasteiger partial charge in [-0.1, -0.05) is 0 Å². The van der Waals surface area contributed by atoms with E-state index < -0.39 is 12.7 Å². The highest BCUT2D eigenvalue weighted by molar-refractivity contribution is 7.09. The Kier molecular flexibility index (Phi) is 6.02. The molecule has 8 heteroatoms. The number of hydrogen-bond donors (Lipinski definition) is 0. The highest BCUT2D eigenvalue weighted by Gasteiger charge is 2.36. The minimum Gasteiger partial charge on any atom is -0.334 e. The number of piperidine rings is 1. The molecule has 130 valence electrons. The van der Waals surface area contributed by atoms with Gasteiger partial charge in [0.25, 0.3) is 0 Å². The number of hydrogen-bond acceptors (Lipinski definition) is 4. The lowest BCUT2D eigenvalue weighted by atomic mass is 9.96. The number of alkyl halides is 3. The minimum absolute atomic E-state index is 0.0861. The van der Waals surface area contributed by atoms with E-state index in [1.54, 1.807) is 23.8 Å². The zero-order chi connectivity index (χ0) is 17.0. The van der Waals surface area contributed by atoms with E-state index in [-0.39, 0.29) is 18.4 Å². The molecular formula is C15H22F3N3OS. The molecule has 0 aromatic carbocycles. The molecule has 1 saturated heterocycles. The van der Waals surface area contributed by atoms with Gasteiger partial charge in [0.1, 0.15) is 6.54 Å². The SMILES string of the molecule is CCN(CC(F)(F)F)C(=O)[C@@H]1CCCN(Cc2scnc2C)C1. The summed E-state index contributed by atoms with van der Waals surface area (Å²) in [6, 6.07) is 0. The standard InChI is InChI=1S/C15H22F3N3OS/c1-3-21(9-15(16,17)18)14(22)12-5-4-6-20(7-12)8-13-11(2)19-10-23-13/h10,12H,3-9H2,1-2H3/t12-/m1/s1. The molecule has 1 amide bonds. The van der Waals surface area contributed by atoms with Crippen LogP contribution in [0.25, 0.3) is 0 Å². The van der Waals surface area contributed by atoms with Gasteiger partial charge in [0.05, 0.1) is 17.1 Å². The smallest absolute Gasteiger partial charge is 0.334 e. The van der Waals surface area contributed by atoms with Crippen LogP contribution >= 0.6 is 11.3 Å². The first-order valence-corrected chi connectivity index (χ1v) is 8.65. The average Bonchev–Trinajstić information content (AvgIpc) is 2.89. The average molecular weight is 349 g/mol. The molecule has 0 N–H and O–H groups in total. The van der Waals surface area contributed by atoms with Crippen LogP contribution in [0.4, 0.5) is 13.2 Å². The Balaban J connectivity index is 1.96. The third-order valence-corrected chi connectivity index (χ3v) is 5.05. The summed E-state index contributed by atoms with van der Waals surface area (Å²) >= 11 is 1.57. The Morgan fingerprint density at radius 3 is 2.83 bits per heavy atom. The molecule has 1 fully saturated rings. The number of thiazole rings is 1. The predicted molar refractivity (Wildman–Crippen MR) is 83.2 cm³/mol. The van der Waals surface area contributed by atoms with E-state index >= 15 is 0 Å². The lowest BCUT2D eigenvalue weighted by Gasteiger charge is -2.34. The van der Waals surface area contributed by atoms with Crippen LogP contribution in [0, 0.1) is 12.8 Å². The van der Waals surface area contributed by atoms with E-state index in [0.717, 1.165) is 28.4 Å². The van der Waals surface area contributed by atoms with Crippen molar-refractivity contribution in [3.05, 3.63) is 16.1 Å². The third kappa shape index (κ3) is 5.17. The van der Waals surface area contributed by atoms with Gasteiger partial charge in [-0.15, -0.1) is 11.3 Å². The van der Waals surface area contributed by atoms with E-state index in [2.05, 4.69) is 9.88 Å². The molecule has 23 heavy (non-hydrogen) atoms. The Bertz CT molecular complexity index is 532. The van der Waals surface area contributed by atoms with Crippen molar-refractivity contribution < 1.29 is 18.0 Å². The molecule has 1 aliphatic rings. The van der Waals surface area contributed by atoms with E-state index in [9.17, 15) is 18.0 Å². The van der Waals surface area contributed by atoms with Gasteiger partial charge in [-0.2, -0.15) is 13.2 Å². The van der Waals surface area contributed by atoms with Crippen LogP contribution in [0.5, 0.6) is 0 Å². The van der Waals surface area contributed by atoms with Crippen LogP contribution in [-0.2, 0) is 11.3 Å². The van der Waals surface area contributed by atoms with E-state index in [0.29, 0.717) is 19.5 Å². The van der Waals surface area contributed by atoms with Crippen LogP contribution in [0.2, 0.25) is 0 Å². The first kappa shape index (κ1) is 18.2. The Morgan fingerprint density at radius 1 is 1.52 bits per heavy atom. The van der Waals surface area contributed by atoms with Crippen molar-refractivity contribution in [3.8, 4) is 0 Å². The van der Waals surface area contributed by atoms with Gasteiger partial charge >= 0.3 is 6.18 Å². The lowest BCUT2D eigenvalue weighted by Crippen LogP contribution is -2.47. The third-order valence-electron chi connectivity index (χ3n) is 4.13. The molecule has 0 unspecified atom stereocenters. The molecule has 4 nitrogen and oxygen atoms in total. The molecule has 1 aromatic heterocycles. The van der Waals surface area contributed by atoms with Crippen LogP contribution < -0.4 is 0 Å². The van der Waals surface area contributed by atoms with Crippen molar-refractivity contribution in [2.24, 2.45) is 5.92 Å². The molecule has 0 bridgehead atoms. The molecule has 1 aliphatic heterocycles. The maximum atomic E-state index is 12.6. The number of rotatable bonds is 5. The molecule has 1 atom stereocenters. The maximum absolute atomic E-state index is 12.6. The molecule has 0 radical (unpaired) electrons. The predicted octanol–water partition coefficient (Wildman–Crippen LogP) is 3.07. The first-order valence-electron chi connectivity index (χ1n) is 7.77. The maximum Gasteiger partial charge on any atom is 0.406 e. The Hall–Kier alpha value is -1.15. The van der Waals surface area contributed by atoms with Crippen LogP contribution in [-0.4, -0.2) is 53.0 Å². The van der Waals surface area contributed by atoms with E-state index in [1.165, 1.54) is 0 Å². The summed E-state index contributed by atoms with van der Waals surface area (Å²) in [6.45, 7) is 4.56. The van der Waals surface area contributed by atoms with Gasteiger partial charge in [0.2, 0.25) is 5.91 Å². The van der Waals surface area contributed by atoms with Crippen molar-refractivity contribution in [2.45, 2.75) is 39.4 Å². The van der Waals surface area contributed by atoms with Gasteiger partial charge in [-0.3, -0.25) is 9.69 Å². The summed E-state index contributed by atoms with van der Waals surface area (Å²) in [5.74, 6) is -0.727. The van der Waals surface area contributed by atoms with Crippen molar-refractivity contribution in [3.63, 3.8) is 0 Å². The molecular weight excluding hydrogens is 327 g/mol. The van der Waals surface area contributed by atoms with Crippen molar-refractivity contribution in [1.82, 2.24) is 14.8 Å².